The van der Waals surface area contributed by atoms with E-state index in [4.69, 9.17) is 18.1 Å². The van der Waals surface area contributed by atoms with Gasteiger partial charge in [-0.05, 0) is 0 Å². The van der Waals surface area contributed by atoms with Crippen molar-refractivity contribution in [1.29, 1.82) is 0 Å². The van der Waals surface area contributed by atoms with Gasteiger partial charge < -0.3 is 15.3 Å². The van der Waals surface area contributed by atoms with E-state index in [-0.39, 0.29) is 0 Å². The van der Waals surface area contributed by atoms with Crippen LogP contribution < -0.4 is 0 Å². The van der Waals surface area contributed by atoms with Crippen LogP contribution in [-0.4, -0.2) is 34.6 Å². The van der Waals surface area contributed by atoms with Crippen molar-refractivity contribution in [2.24, 2.45) is 0 Å². The molecular formula is C3H8O3. The summed E-state index contributed by atoms with van der Waals surface area (Å²) in [6, 6.07) is 0. The molecule has 0 radical (unpaired) electrons. The minimum Gasteiger partial charge on any atom is -0.394 e. The van der Waals surface area contributed by atoms with Crippen molar-refractivity contribution in [1.82, 2.24) is 0 Å². The second-order valence-electron chi connectivity index (χ2n) is 0.779. The molecule has 0 amide bonds. The van der Waals surface area contributed by atoms with Crippen LogP contribution in [0, 0.1) is 0 Å². The Kier molecular flexibility index (Phi) is 1.52. The second-order valence-corrected chi connectivity index (χ2v) is 0.779. The molecule has 3 heteroatoms. The van der Waals surface area contributed by atoms with Crippen LogP contribution in [0.2, 0.25) is 0 Å². The molecule has 3 nitrogen and oxygen atoms in total. The zero-order valence-electron chi connectivity index (χ0n) is 5.13. The normalized spacial score (nSPS) is 29.8. The summed E-state index contributed by atoms with van der Waals surface area (Å²) in [7, 11) is 0. The predicted octanol–water partition coefficient (Wildman–Crippen LogP) is -1.67. The maximum absolute atomic E-state index is 8.38. The molecular weight excluding hydrogens is 86.0 g/mol. The van der Waals surface area contributed by atoms with Gasteiger partial charge in [0.15, 0.2) is 0 Å². The van der Waals surface area contributed by atoms with Crippen molar-refractivity contribution < 1.29 is 18.1 Å². The first kappa shape index (κ1) is 2.96. The highest BCUT2D eigenvalue weighted by Crippen LogP contribution is 1.71. The fourth-order valence-electron chi connectivity index (χ4n) is 0.0408. The van der Waals surface area contributed by atoms with E-state index in [9.17, 15) is 0 Å². The van der Waals surface area contributed by atoms with Gasteiger partial charge >= 0.3 is 0 Å². The van der Waals surface area contributed by atoms with Crippen LogP contribution in [0.15, 0.2) is 0 Å². The summed E-state index contributed by atoms with van der Waals surface area (Å²) < 4.78 is 12.8. The zero-order valence-corrected chi connectivity index (χ0v) is 3.13. The number of aliphatic hydroxyl groups is 3. The molecule has 0 aliphatic rings. The first-order valence-corrected chi connectivity index (χ1v) is 1.44. The summed E-state index contributed by atoms with van der Waals surface area (Å²) in [6.45, 7) is -2.90. The van der Waals surface area contributed by atoms with Crippen molar-refractivity contribution in [2.45, 2.75) is 6.08 Å². The Hall–Kier alpha value is -0.120. The van der Waals surface area contributed by atoms with E-state index >= 15 is 0 Å². The molecule has 6 heavy (non-hydrogen) atoms. The summed E-state index contributed by atoms with van der Waals surface area (Å²) in [5, 5.41) is 24.6. The maximum Gasteiger partial charge on any atom is 0.100 e. The Morgan fingerprint density at radius 3 is 2.33 bits per heavy atom. The first-order valence-electron chi connectivity index (χ1n) is 2.52. The molecule has 38 valence electrons. The fourth-order valence-corrected chi connectivity index (χ4v) is 0.0408. The van der Waals surface area contributed by atoms with E-state index < -0.39 is 19.3 Å². The summed E-state index contributed by atoms with van der Waals surface area (Å²) in [5.74, 6) is 0. The smallest absolute Gasteiger partial charge is 0.100 e. The maximum atomic E-state index is 8.38. The molecule has 2 atom stereocenters. The molecule has 0 heterocycles. The number of hydrogen-bond donors (Lipinski definition) is 3. The van der Waals surface area contributed by atoms with Crippen LogP contribution in [0.5, 0.6) is 0 Å². The summed E-state index contributed by atoms with van der Waals surface area (Å²) in [5.41, 5.74) is 0. The molecule has 0 saturated carbocycles. The zero-order chi connectivity index (χ0) is 6.78. The number of rotatable bonds is 2. The van der Waals surface area contributed by atoms with Crippen LogP contribution in [-0.2, 0) is 0 Å². The fraction of sp³-hybridized carbons (Fsp3) is 1.00. The van der Waals surface area contributed by atoms with E-state index in [1.807, 2.05) is 0 Å². The van der Waals surface area contributed by atoms with Crippen LogP contribution >= 0.6 is 0 Å². The van der Waals surface area contributed by atoms with Gasteiger partial charge in [0.25, 0.3) is 0 Å². The standard InChI is InChI=1S/C3H8O3/c4-1-3(6)2-5/h3-6H,1-2H2/i1+1D,3+1D/t1-,3+/m1/s1. The Balaban J connectivity index is 3.71. The van der Waals surface area contributed by atoms with E-state index in [0.717, 1.165) is 0 Å². The van der Waals surface area contributed by atoms with Crippen molar-refractivity contribution in [3.05, 3.63) is 0 Å². The largest absolute Gasteiger partial charge is 0.394 e. The third kappa shape index (κ3) is 2.14. The quantitative estimate of drug-likeness (QED) is 0.360. The third-order valence-electron chi connectivity index (χ3n) is 0.311. The average Bonchev–Trinajstić information content (AvgIpc) is 1.67. The highest BCUT2D eigenvalue weighted by molar-refractivity contribution is 4.43. The third-order valence-corrected chi connectivity index (χ3v) is 0.311. The Bertz CT molecular complexity index is 72.9. The Labute approximate surface area is 38.7 Å². The molecule has 0 aliphatic carbocycles. The topological polar surface area (TPSA) is 60.7 Å². The molecule has 0 aliphatic heterocycles. The van der Waals surface area contributed by atoms with E-state index in [0.29, 0.717) is 0 Å². The summed E-state index contributed by atoms with van der Waals surface area (Å²) >= 11 is 0. The van der Waals surface area contributed by atoms with Gasteiger partial charge in [-0.2, -0.15) is 0 Å². The van der Waals surface area contributed by atoms with Crippen molar-refractivity contribution in [3.8, 4) is 0 Å². The average molecular weight is 96.1 g/mol. The Morgan fingerprint density at radius 2 is 2.33 bits per heavy atom. The van der Waals surface area contributed by atoms with Gasteiger partial charge in [-0.15, -0.1) is 0 Å². The minimum absolute atomic E-state index is 0.933. The van der Waals surface area contributed by atoms with E-state index in [1.165, 1.54) is 0 Å². The van der Waals surface area contributed by atoms with Gasteiger partial charge in [-0.25, -0.2) is 0 Å². The molecule has 0 aromatic carbocycles. The molecule has 0 unspecified atom stereocenters. The lowest BCUT2D eigenvalue weighted by Gasteiger charge is -1.96. The molecule has 0 aromatic heterocycles. The van der Waals surface area contributed by atoms with Crippen LogP contribution in [0.1, 0.15) is 2.74 Å². The Morgan fingerprint density at radius 1 is 1.83 bits per heavy atom. The first-order chi connectivity index (χ1) is 3.50. The van der Waals surface area contributed by atoms with Crippen molar-refractivity contribution in [2.75, 3.05) is 13.2 Å². The summed E-state index contributed by atoms with van der Waals surface area (Å²) in [4.78, 5) is 0. The van der Waals surface area contributed by atoms with Gasteiger partial charge in [0.1, 0.15) is 6.08 Å². The highest BCUT2D eigenvalue weighted by atomic mass is 16.5. The van der Waals surface area contributed by atoms with Gasteiger partial charge in [0.05, 0.1) is 15.9 Å². The lowest BCUT2D eigenvalue weighted by Crippen LogP contribution is -2.15. The molecule has 0 fully saturated rings. The predicted molar refractivity (Wildman–Crippen MR) is 20.2 cm³/mol. The summed E-state index contributed by atoms with van der Waals surface area (Å²) in [6.07, 6.45) is -2.43. The van der Waals surface area contributed by atoms with Crippen molar-refractivity contribution in [3.63, 3.8) is 0 Å². The van der Waals surface area contributed by atoms with Gasteiger partial charge in [-0.1, -0.05) is 0 Å². The van der Waals surface area contributed by atoms with Gasteiger partial charge in [-0.3, -0.25) is 0 Å². The lowest BCUT2D eigenvalue weighted by molar-refractivity contribution is 0.0450. The molecule has 0 bridgehead atoms. The highest BCUT2D eigenvalue weighted by Gasteiger charge is 1.93. The minimum atomic E-state index is -2.43. The SMILES string of the molecule is [2H][13C@@H](O)[13C@]([2H])(O)CO. The lowest BCUT2D eigenvalue weighted by atomic mass is 11.0. The molecule has 0 saturated heterocycles. The van der Waals surface area contributed by atoms with Crippen LogP contribution in [0.3, 0.4) is 0 Å². The molecule has 0 spiro atoms. The monoisotopic (exact) mass is 96.1 g/mol. The van der Waals surface area contributed by atoms with Gasteiger partial charge in [0, 0.05) is 0 Å². The second kappa shape index (κ2) is 3.08. The molecule has 0 aromatic rings. The van der Waals surface area contributed by atoms with E-state index in [2.05, 4.69) is 0 Å². The number of hydrogen-bond acceptors (Lipinski definition) is 3. The van der Waals surface area contributed by atoms with Crippen LogP contribution in [0.25, 0.3) is 0 Å². The number of aliphatic hydroxyl groups excluding tert-OH is 2. The molecule has 3 N–H and O–H groups in total. The molecule has 0 rings (SSSR count). The van der Waals surface area contributed by atoms with Gasteiger partial charge in [0.2, 0.25) is 0 Å². The van der Waals surface area contributed by atoms with Crippen LogP contribution in [0.4, 0.5) is 0 Å². The van der Waals surface area contributed by atoms with Crippen molar-refractivity contribution >= 4 is 0 Å². The van der Waals surface area contributed by atoms with E-state index in [1.54, 1.807) is 0 Å².